The fourth-order valence-corrected chi connectivity index (χ4v) is 2.89. The van der Waals surface area contributed by atoms with Crippen LogP contribution in [0.3, 0.4) is 0 Å². The van der Waals surface area contributed by atoms with Crippen molar-refractivity contribution in [3.8, 4) is 0 Å². The number of halogens is 1. The minimum absolute atomic E-state index is 0.00989. The molecule has 1 unspecified atom stereocenters. The van der Waals surface area contributed by atoms with Gasteiger partial charge in [0, 0.05) is 12.6 Å². The Morgan fingerprint density at radius 1 is 1.09 bits per heavy atom. The summed E-state index contributed by atoms with van der Waals surface area (Å²) in [6.45, 7) is 0.784. The molecule has 1 aliphatic heterocycles. The lowest BCUT2D eigenvalue weighted by Crippen LogP contribution is -2.28. The van der Waals surface area contributed by atoms with E-state index in [0.717, 1.165) is 24.9 Å². The van der Waals surface area contributed by atoms with Gasteiger partial charge < -0.3 is 4.90 Å². The van der Waals surface area contributed by atoms with Crippen molar-refractivity contribution in [1.29, 1.82) is 0 Å². The Balaban J connectivity index is 1.72. The van der Waals surface area contributed by atoms with Gasteiger partial charge in [-0.3, -0.25) is 4.79 Å². The van der Waals surface area contributed by atoms with E-state index >= 15 is 0 Å². The van der Waals surface area contributed by atoms with E-state index in [0.29, 0.717) is 0 Å². The van der Waals surface area contributed by atoms with Gasteiger partial charge in [-0.05, 0) is 42.2 Å². The average molecular weight is 295 g/mol. The van der Waals surface area contributed by atoms with Crippen LogP contribution in [0.5, 0.6) is 0 Å². The van der Waals surface area contributed by atoms with Crippen LogP contribution in [0.25, 0.3) is 6.08 Å². The molecule has 1 aliphatic rings. The molecule has 3 rings (SSSR count). The number of hydrogen-bond acceptors (Lipinski definition) is 1. The van der Waals surface area contributed by atoms with E-state index in [-0.39, 0.29) is 17.8 Å². The van der Waals surface area contributed by atoms with Crippen LogP contribution in [-0.2, 0) is 4.79 Å². The molecule has 112 valence electrons. The van der Waals surface area contributed by atoms with Crippen LogP contribution in [0.1, 0.15) is 30.0 Å². The monoisotopic (exact) mass is 295 g/mol. The second-order valence-electron chi connectivity index (χ2n) is 5.49. The van der Waals surface area contributed by atoms with Crippen molar-refractivity contribution in [2.75, 3.05) is 6.54 Å². The van der Waals surface area contributed by atoms with Crippen LogP contribution in [0.4, 0.5) is 4.39 Å². The zero-order chi connectivity index (χ0) is 15.4. The Hall–Kier alpha value is -2.42. The zero-order valence-corrected chi connectivity index (χ0v) is 12.3. The van der Waals surface area contributed by atoms with E-state index in [1.807, 2.05) is 23.1 Å². The lowest BCUT2D eigenvalue weighted by molar-refractivity contribution is -0.126. The summed E-state index contributed by atoms with van der Waals surface area (Å²) in [6.07, 6.45) is 5.34. The third-order valence-corrected chi connectivity index (χ3v) is 4.01. The first-order valence-corrected chi connectivity index (χ1v) is 7.53. The van der Waals surface area contributed by atoms with Crippen LogP contribution in [0, 0.1) is 5.82 Å². The van der Waals surface area contributed by atoms with Gasteiger partial charge in [0.2, 0.25) is 5.91 Å². The Morgan fingerprint density at radius 2 is 1.82 bits per heavy atom. The molecule has 1 heterocycles. The molecular formula is C19H18FNO. The highest BCUT2D eigenvalue weighted by Crippen LogP contribution is 2.31. The molecule has 0 aliphatic carbocycles. The molecular weight excluding hydrogens is 277 g/mol. The quantitative estimate of drug-likeness (QED) is 0.777. The van der Waals surface area contributed by atoms with Gasteiger partial charge in [0.15, 0.2) is 0 Å². The maximum Gasteiger partial charge on any atom is 0.247 e. The van der Waals surface area contributed by atoms with E-state index in [9.17, 15) is 9.18 Å². The molecule has 2 aromatic rings. The highest BCUT2D eigenvalue weighted by molar-refractivity contribution is 5.92. The number of carbonyl (C=O) groups is 1. The first-order valence-electron chi connectivity index (χ1n) is 7.53. The number of likely N-dealkylation sites (tertiary alicyclic amines) is 1. The molecule has 2 nitrogen and oxygen atoms in total. The smallest absolute Gasteiger partial charge is 0.247 e. The number of benzene rings is 2. The molecule has 0 saturated carbocycles. The number of hydrogen-bond donors (Lipinski definition) is 0. The van der Waals surface area contributed by atoms with Crippen molar-refractivity contribution < 1.29 is 9.18 Å². The summed E-state index contributed by atoms with van der Waals surface area (Å²) in [7, 11) is 0. The zero-order valence-electron chi connectivity index (χ0n) is 12.3. The summed E-state index contributed by atoms with van der Waals surface area (Å²) in [4.78, 5) is 14.3. The van der Waals surface area contributed by atoms with Gasteiger partial charge in [0.1, 0.15) is 5.82 Å². The van der Waals surface area contributed by atoms with Crippen molar-refractivity contribution in [3.63, 3.8) is 0 Å². The van der Waals surface area contributed by atoms with Gasteiger partial charge in [-0.15, -0.1) is 0 Å². The van der Waals surface area contributed by atoms with Crippen LogP contribution >= 0.6 is 0 Å². The summed E-state index contributed by atoms with van der Waals surface area (Å²) < 4.78 is 12.9. The number of nitrogens with zero attached hydrogens (tertiary/aromatic N) is 1. The average Bonchev–Trinajstić information content (AvgIpc) is 3.04. The molecule has 0 N–H and O–H groups in total. The lowest BCUT2D eigenvalue weighted by Gasteiger charge is -2.23. The highest BCUT2D eigenvalue weighted by atomic mass is 19.1. The Morgan fingerprint density at radius 3 is 2.55 bits per heavy atom. The highest BCUT2D eigenvalue weighted by Gasteiger charge is 2.28. The molecule has 0 bridgehead atoms. The Kier molecular flexibility index (Phi) is 4.33. The first kappa shape index (κ1) is 14.5. The molecule has 2 aromatic carbocycles. The fourth-order valence-electron chi connectivity index (χ4n) is 2.89. The minimum atomic E-state index is -0.271. The second kappa shape index (κ2) is 6.56. The van der Waals surface area contributed by atoms with Crippen LogP contribution in [0.15, 0.2) is 60.7 Å². The van der Waals surface area contributed by atoms with Crippen molar-refractivity contribution in [2.45, 2.75) is 18.9 Å². The number of carbonyl (C=O) groups excluding carboxylic acids is 1. The van der Waals surface area contributed by atoms with Crippen LogP contribution < -0.4 is 0 Å². The third kappa shape index (κ3) is 3.25. The molecule has 3 heteroatoms. The molecule has 1 atom stereocenters. The minimum Gasteiger partial charge on any atom is -0.332 e. The summed E-state index contributed by atoms with van der Waals surface area (Å²) in [5.74, 6) is -0.261. The van der Waals surface area contributed by atoms with Gasteiger partial charge in [-0.25, -0.2) is 4.39 Å². The predicted molar refractivity (Wildman–Crippen MR) is 85.6 cm³/mol. The standard InChI is InChI=1S/C19H18FNO/c20-17-11-8-15(9-12-17)10-13-19(22)21-14-4-7-18(21)16-5-2-1-3-6-16/h1-3,5-6,8-13,18H,4,7,14H2/b13-10+. The second-order valence-corrected chi connectivity index (χ2v) is 5.49. The third-order valence-electron chi connectivity index (χ3n) is 4.01. The molecule has 0 aromatic heterocycles. The summed E-state index contributed by atoms with van der Waals surface area (Å²) >= 11 is 0. The fraction of sp³-hybridized carbons (Fsp3) is 0.211. The Labute approximate surface area is 129 Å². The number of amides is 1. The van der Waals surface area contributed by atoms with Crippen molar-refractivity contribution >= 4 is 12.0 Å². The van der Waals surface area contributed by atoms with E-state index in [1.165, 1.54) is 17.7 Å². The predicted octanol–water partition coefficient (Wildman–Crippen LogP) is 4.20. The van der Waals surface area contributed by atoms with Crippen LogP contribution in [-0.4, -0.2) is 17.4 Å². The maximum absolute atomic E-state index is 12.9. The first-order chi connectivity index (χ1) is 10.7. The van der Waals surface area contributed by atoms with Gasteiger partial charge in [0.25, 0.3) is 0 Å². The van der Waals surface area contributed by atoms with Crippen molar-refractivity contribution in [3.05, 3.63) is 77.6 Å². The summed E-state index contributed by atoms with van der Waals surface area (Å²) in [6, 6.07) is 16.4. The van der Waals surface area contributed by atoms with Gasteiger partial charge in [-0.1, -0.05) is 42.5 Å². The Bertz CT molecular complexity index is 664. The molecule has 0 spiro atoms. The lowest BCUT2D eigenvalue weighted by atomic mass is 10.0. The van der Waals surface area contributed by atoms with Gasteiger partial charge >= 0.3 is 0 Å². The van der Waals surface area contributed by atoms with E-state index in [1.54, 1.807) is 24.3 Å². The molecule has 22 heavy (non-hydrogen) atoms. The van der Waals surface area contributed by atoms with Crippen molar-refractivity contribution in [1.82, 2.24) is 4.90 Å². The van der Waals surface area contributed by atoms with Crippen LogP contribution in [0.2, 0.25) is 0 Å². The maximum atomic E-state index is 12.9. The molecule has 1 fully saturated rings. The summed E-state index contributed by atoms with van der Waals surface area (Å²) in [5.41, 5.74) is 2.01. The van der Waals surface area contributed by atoms with Crippen molar-refractivity contribution in [2.24, 2.45) is 0 Å². The van der Waals surface area contributed by atoms with E-state index in [4.69, 9.17) is 0 Å². The topological polar surface area (TPSA) is 20.3 Å². The summed E-state index contributed by atoms with van der Waals surface area (Å²) in [5, 5.41) is 0. The van der Waals surface area contributed by atoms with Gasteiger partial charge in [0.05, 0.1) is 6.04 Å². The molecule has 1 amide bonds. The van der Waals surface area contributed by atoms with E-state index in [2.05, 4.69) is 12.1 Å². The molecule has 1 saturated heterocycles. The van der Waals surface area contributed by atoms with Gasteiger partial charge in [-0.2, -0.15) is 0 Å². The molecule has 0 radical (unpaired) electrons. The largest absolute Gasteiger partial charge is 0.332 e. The normalized spacial score (nSPS) is 18.0. The number of rotatable bonds is 3. The SMILES string of the molecule is O=C(/C=C/c1ccc(F)cc1)N1CCCC1c1ccccc1. The van der Waals surface area contributed by atoms with E-state index < -0.39 is 0 Å².